The van der Waals surface area contributed by atoms with Gasteiger partial charge >= 0.3 is 0 Å². The van der Waals surface area contributed by atoms with Crippen molar-refractivity contribution in [3.05, 3.63) is 34.3 Å². The molecule has 9 heteroatoms. The topological polar surface area (TPSA) is 93.6 Å². The molecule has 0 amide bonds. The molecular formula is C11H6BrF2N5O. The summed E-state index contributed by atoms with van der Waals surface area (Å²) in [6, 6.07) is 3.84. The minimum Gasteiger partial charge on any atom is -0.382 e. The zero-order valence-electron chi connectivity index (χ0n) is 9.69. The van der Waals surface area contributed by atoms with E-state index in [1.165, 1.54) is 12.1 Å². The van der Waals surface area contributed by atoms with Gasteiger partial charge in [0.25, 0.3) is 5.89 Å². The van der Waals surface area contributed by atoms with Crippen LogP contribution in [0.1, 0.15) is 0 Å². The summed E-state index contributed by atoms with van der Waals surface area (Å²) in [5.74, 6) is -1.46. The Kier molecular flexibility index (Phi) is 2.97. The fraction of sp³-hybridized carbons (Fsp3) is 0. The Labute approximate surface area is 119 Å². The first-order valence-corrected chi connectivity index (χ1v) is 6.14. The Bertz CT molecular complexity index is 785. The highest BCUT2D eigenvalue weighted by Crippen LogP contribution is 2.31. The number of nitrogens with zero attached hydrogens (tertiary/aromatic N) is 3. The molecule has 0 saturated heterocycles. The lowest BCUT2D eigenvalue weighted by Gasteiger charge is -2.00. The van der Waals surface area contributed by atoms with Crippen LogP contribution in [-0.4, -0.2) is 20.3 Å². The molecule has 0 spiro atoms. The Balaban J connectivity index is 2.04. The van der Waals surface area contributed by atoms with Crippen LogP contribution in [-0.2, 0) is 0 Å². The third-order valence-electron chi connectivity index (χ3n) is 2.53. The van der Waals surface area contributed by atoms with Gasteiger partial charge < -0.3 is 10.3 Å². The van der Waals surface area contributed by atoms with Crippen LogP contribution in [0, 0.1) is 11.6 Å². The molecule has 102 valence electrons. The number of halogens is 3. The summed E-state index contributed by atoms with van der Waals surface area (Å²) in [4.78, 5) is 4.07. The molecule has 20 heavy (non-hydrogen) atoms. The highest BCUT2D eigenvalue weighted by Gasteiger charge is 2.18. The van der Waals surface area contributed by atoms with E-state index in [0.717, 1.165) is 6.07 Å². The molecule has 0 fully saturated rings. The van der Waals surface area contributed by atoms with Gasteiger partial charge in [-0.1, -0.05) is 5.16 Å². The molecule has 0 atom stereocenters. The Morgan fingerprint density at radius 3 is 2.80 bits per heavy atom. The second-order valence-corrected chi connectivity index (χ2v) is 4.65. The van der Waals surface area contributed by atoms with Gasteiger partial charge in [0.15, 0.2) is 11.6 Å². The van der Waals surface area contributed by atoms with Crippen molar-refractivity contribution < 1.29 is 13.3 Å². The van der Waals surface area contributed by atoms with Crippen molar-refractivity contribution in [3.63, 3.8) is 0 Å². The lowest BCUT2D eigenvalue weighted by atomic mass is 10.2. The number of anilines is 1. The van der Waals surface area contributed by atoms with E-state index in [4.69, 9.17) is 10.3 Å². The molecule has 0 saturated carbocycles. The van der Waals surface area contributed by atoms with Crippen molar-refractivity contribution in [1.29, 1.82) is 0 Å². The minimum atomic E-state index is -1.01. The SMILES string of the molecule is Nc1cc(-c2nc(-c3ccc(F)c(F)c3Br)no2)[nH]n1. The van der Waals surface area contributed by atoms with Crippen molar-refractivity contribution in [1.82, 2.24) is 20.3 Å². The number of aromatic nitrogens is 4. The van der Waals surface area contributed by atoms with Gasteiger partial charge in [-0.25, -0.2) is 8.78 Å². The van der Waals surface area contributed by atoms with Gasteiger partial charge in [-0.2, -0.15) is 10.1 Å². The van der Waals surface area contributed by atoms with Gasteiger partial charge in [-0.05, 0) is 28.1 Å². The van der Waals surface area contributed by atoms with Crippen molar-refractivity contribution in [2.45, 2.75) is 0 Å². The lowest BCUT2D eigenvalue weighted by Crippen LogP contribution is -1.90. The molecule has 6 nitrogen and oxygen atoms in total. The van der Waals surface area contributed by atoms with Crippen LogP contribution < -0.4 is 5.73 Å². The molecule has 0 aliphatic carbocycles. The van der Waals surface area contributed by atoms with Crippen molar-refractivity contribution >= 4 is 21.7 Å². The van der Waals surface area contributed by atoms with E-state index in [0.29, 0.717) is 5.69 Å². The quantitative estimate of drug-likeness (QED) is 0.699. The number of nitrogens with one attached hydrogen (secondary N) is 1. The molecule has 3 aromatic rings. The maximum atomic E-state index is 13.5. The van der Waals surface area contributed by atoms with Crippen LogP contribution in [0.3, 0.4) is 0 Å². The number of rotatable bonds is 2. The summed E-state index contributed by atoms with van der Waals surface area (Å²) in [6.07, 6.45) is 0. The molecule has 0 aliphatic heterocycles. The fourth-order valence-corrected chi connectivity index (χ4v) is 2.09. The van der Waals surface area contributed by atoms with Crippen molar-refractivity contribution in [3.8, 4) is 23.0 Å². The molecule has 2 aromatic heterocycles. The van der Waals surface area contributed by atoms with Crippen LogP contribution in [0.4, 0.5) is 14.6 Å². The second-order valence-electron chi connectivity index (χ2n) is 3.85. The Morgan fingerprint density at radius 1 is 1.30 bits per heavy atom. The van der Waals surface area contributed by atoms with Gasteiger partial charge in [0.1, 0.15) is 11.5 Å². The number of hydrogen-bond acceptors (Lipinski definition) is 5. The predicted molar refractivity (Wildman–Crippen MR) is 69.3 cm³/mol. The van der Waals surface area contributed by atoms with E-state index in [-0.39, 0.29) is 27.6 Å². The van der Waals surface area contributed by atoms with E-state index < -0.39 is 11.6 Å². The third-order valence-corrected chi connectivity index (χ3v) is 3.31. The number of benzene rings is 1. The maximum absolute atomic E-state index is 13.5. The van der Waals surface area contributed by atoms with Gasteiger partial charge in [-0.15, -0.1) is 0 Å². The van der Waals surface area contributed by atoms with Crippen LogP contribution in [0.2, 0.25) is 0 Å². The van der Waals surface area contributed by atoms with Gasteiger partial charge in [0.2, 0.25) is 5.82 Å². The average Bonchev–Trinajstić information content (AvgIpc) is 3.05. The summed E-state index contributed by atoms with van der Waals surface area (Å²) >= 11 is 2.96. The standard InChI is InChI=1S/C11H6BrF2N5O/c12-8-4(1-2-5(13)9(8)14)10-16-11(20-19-10)6-3-7(15)18-17-6/h1-3H,(H3,15,17,18). The van der Waals surface area contributed by atoms with E-state index in [2.05, 4.69) is 36.3 Å². The Hall–Kier alpha value is -2.29. The van der Waals surface area contributed by atoms with Gasteiger partial charge in [0, 0.05) is 11.6 Å². The number of nitrogens with two attached hydrogens (primary N) is 1. The number of H-pyrrole nitrogens is 1. The predicted octanol–water partition coefficient (Wildman–Crippen LogP) is 2.75. The summed E-state index contributed by atoms with van der Waals surface area (Å²) in [6.45, 7) is 0. The monoisotopic (exact) mass is 341 g/mol. The molecule has 2 heterocycles. The van der Waals surface area contributed by atoms with E-state index in [1.54, 1.807) is 0 Å². The fourth-order valence-electron chi connectivity index (χ4n) is 1.59. The summed E-state index contributed by atoms with van der Waals surface area (Å²) in [5.41, 5.74) is 6.16. The summed E-state index contributed by atoms with van der Waals surface area (Å²) in [5, 5.41) is 10.0. The van der Waals surface area contributed by atoms with Gasteiger partial charge in [0.05, 0.1) is 4.47 Å². The van der Waals surface area contributed by atoms with Gasteiger partial charge in [-0.3, -0.25) is 5.10 Å². The normalized spacial score (nSPS) is 10.9. The first-order valence-electron chi connectivity index (χ1n) is 5.35. The summed E-state index contributed by atoms with van der Waals surface area (Å²) in [7, 11) is 0. The zero-order chi connectivity index (χ0) is 14.3. The number of aromatic amines is 1. The van der Waals surface area contributed by atoms with E-state index in [9.17, 15) is 8.78 Å². The van der Waals surface area contributed by atoms with Crippen LogP contribution in [0.15, 0.2) is 27.2 Å². The smallest absolute Gasteiger partial charge is 0.276 e. The molecule has 0 aliphatic rings. The van der Waals surface area contributed by atoms with Crippen LogP contribution >= 0.6 is 15.9 Å². The molecular weight excluding hydrogens is 336 g/mol. The minimum absolute atomic E-state index is 0.0750. The van der Waals surface area contributed by atoms with Crippen LogP contribution in [0.25, 0.3) is 23.0 Å². The molecule has 3 N–H and O–H groups in total. The third kappa shape index (κ3) is 2.05. The van der Waals surface area contributed by atoms with Crippen molar-refractivity contribution in [2.24, 2.45) is 0 Å². The van der Waals surface area contributed by atoms with E-state index >= 15 is 0 Å². The molecule has 0 bridgehead atoms. The number of hydrogen-bond donors (Lipinski definition) is 2. The second kappa shape index (κ2) is 4.67. The molecule has 1 aromatic carbocycles. The molecule has 0 radical (unpaired) electrons. The van der Waals surface area contributed by atoms with E-state index in [1.807, 2.05) is 0 Å². The molecule has 0 unspecified atom stereocenters. The lowest BCUT2D eigenvalue weighted by molar-refractivity contribution is 0.430. The maximum Gasteiger partial charge on any atom is 0.276 e. The Morgan fingerprint density at radius 2 is 2.10 bits per heavy atom. The molecule has 3 rings (SSSR count). The van der Waals surface area contributed by atoms with Crippen LogP contribution in [0.5, 0.6) is 0 Å². The summed E-state index contributed by atoms with van der Waals surface area (Å²) < 4.78 is 31.5. The zero-order valence-corrected chi connectivity index (χ0v) is 11.3. The average molecular weight is 342 g/mol. The largest absolute Gasteiger partial charge is 0.382 e. The number of nitrogen functional groups attached to an aromatic ring is 1. The van der Waals surface area contributed by atoms with Crippen molar-refractivity contribution in [2.75, 3.05) is 5.73 Å². The highest BCUT2D eigenvalue weighted by atomic mass is 79.9. The first-order chi connectivity index (χ1) is 9.56. The first kappa shape index (κ1) is 12.7. The highest BCUT2D eigenvalue weighted by molar-refractivity contribution is 9.10.